The molecule has 0 aromatic heterocycles. The molecule has 0 radical (unpaired) electrons. The van der Waals surface area contributed by atoms with Crippen LogP contribution in [0.25, 0.3) is 0 Å². The van der Waals surface area contributed by atoms with Gasteiger partial charge in [-0.1, -0.05) is 23.7 Å². The molecule has 1 heterocycles. The van der Waals surface area contributed by atoms with E-state index in [4.69, 9.17) is 16.3 Å². The molecule has 2 aromatic carbocycles. The van der Waals surface area contributed by atoms with Crippen molar-refractivity contribution in [1.82, 2.24) is 9.80 Å². The van der Waals surface area contributed by atoms with Crippen molar-refractivity contribution in [3.05, 3.63) is 58.6 Å². The molecule has 2 aromatic rings. The zero-order chi connectivity index (χ0) is 30.2. The Morgan fingerprint density at radius 2 is 1.78 bits per heavy atom. The molecular formula is C30H37ClF3N3O4. The highest BCUT2D eigenvalue weighted by atomic mass is 35.5. The van der Waals surface area contributed by atoms with Crippen LogP contribution in [0.2, 0.25) is 5.02 Å². The van der Waals surface area contributed by atoms with Gasteiger partial charge in [0.05, 0.1) is 17.7 Å². The minimum Gasteiger partial charge on any atom is -0.497 e. The summed E-state index contributed by atoms with van der Waals surface area (Å²) in [5.74, 6) is -1.17. The molecule has 1 saturated heterocycles. The van der Waals surface area contributed by atoms with E-state index in [0.29, 0.717) is 17.0 Å². The number of methoxy groups -OCH3 is 1. The fourth-order valence-electron chi connectivity index (χ4n) is 6.17. The second kappa shape index (κ2) is 11.7. The standard InChI is InChI=1S/C30H37ClF3N3O4/c1-35(2)26(38)24-9-8-22(19-25(24)31)37-16-13-28(14-17-37)12-10-20(28)11-15-36(3)27(39)29(40,30(32,33)34)21-6-5-7-23(18-21)41-4/h5-9,18-20,40H,10-17H2,1-4H3/t20?,29-/m1/s1. The maximum absolute atomic E-state index is 14.1. The number of ether oxygens (including phenoxy) is 1. The minimum atomic E-state index is -5.21. The van der Waals surface area contributed by atoms with Gasteiger partial charge in [0.1, 0.15) is 5.75 Å². The molecule has 1 aliphatic carbocycles. The molecular weight excluding hydrogens is 559 g/mol. The summed E-state index contributed by atoms with van der Waals surface area (Å²) in [6.45, 7) is 1.70. The summed E-state index contributed by atoms with van der Waals surface area (Å²) in [6.07, 6.45) is -0.827. The highest BCUT2D eigenvalue weighted by molar-refractivity contribution is 6.34. The summed E-state index contributed by atoms with van der Waals surface area (Å²) in [5.41, 5.74) is -2.76. The van der Waals surface area contributed by atoms with Crippen LogP contribution in [0.15, 0.2) is 42.5 Å². The number of carbonyl (C=O) groups excluding carboxylic acids is 2. The third kappa shape index (κ3) is 5.86. The van der Waals surface area contributed by atoms with Gasteiger partial charge in [-0.05, 0) is 73.8 Å². The maximum atomic E-state index is 14.1. The first-order valence-corrected chi connectivity index (χ1v) is 14.1. The number of hydrogen-bond acceptors (Lipinski definition) is 5. The van der Waals surface area contributed by atoms with Crippen LogP contribution in [0.1, 0.15) is 48.0 Å². The Morgan fingerprint density at radius 3 is 2.32 bits per heavy atom. The summed E-state index contributed by atoms with van der Waals surface area (Å²) >= 11 is 6.42. The second-order valence-electron chi connectivity index (χ2n) is 11.4. The molecule has 4 rings (SSSR count). The van der Waals surface area contributed by atoms with E-state index in [1.54, 1.807) is 20.2 Å². The molecule has 1 spiro atoms. The molecule has 2 aliphatic rings. The Hall–Kier alpha value is -2.98. The van der Waals surface area contributed by atoms with Crippen molar-refractivity contribution in [2.24, 2.45) is 11.3 Å². The molecule has 1 aliphatic heterocycles. The number of aliphatic hydroxyl groups is 1. The average Bonchev–Trinajstić information content (AvgIpc) is 2.94. The first-order chi connectivity index (χ1) is 19.2. The van der Waals surface area contributed by atoms with Gasteiger partial charge in [0.2, 0.25) is 0 Å². The topological polar surface area (TPSA) is 73.3 Å². The first kappa shape index (κ1) is 31.0. The van der Waals surface area contributed by atoms with Crippen molar-refractivity contribution in [2.45, 2.75) is 43.9 Å². The van der Waals surface area contributed by atoms with Crippen LogP contribution in [0.3, 0.4) is 0 Å². The number of likely N-dealkylation sites (N-methyl/N-ethyl adjacent to an activating group) is 1. The molecule has 11 heteroatoms. The minimum absolute atomic E-state index is 0.0815. The van der Waals surface area contributed by atoms with E-state index in [0.717, 1.165) is 61.5 Å². The maximum Gasteiger partial charge on any atom is 0.430 e. The van der Waals surface area contributed by atoms with Crippen LogP contribution in [0, 0.1) is 11.3 Å². The molecule has 0 bridgehead atoms. The van der Waals surface area contributed by atoms with Crippen LogP contribution in [-0.4, -0.2) is 80.8 Å². The zero-order valence-electron chi connectivity index (χ0n) is 23.8. The number of halogens is 4. The number of rotatable bonds is 8. The van der Waals surface area contributed by atoms with Gasteiger partial charge in [0, 0.05) is 52.0 Å². The number of amides is 2. The number of benzene rings is 2. The van der Waals surface area contributed by atoms with Gasteiger partial charge in [-0.3, -0.25) is 9.59 Å². The van der Waals surface area contributed by atoms with Gasteiger partial charge in [-0.25, -0.2) is 0 Å². The van der Waals surface area contributed by atoms with E-state index < -0.39 is 23.2 Å². The van der Waals surface area contributed by atoms with Crippen molar-refractivity contribution in [3.8, 4) is 5.75 Å². The average molecular weight is 596 g/mol. The van der Waals surface area contributed by atoms with Gasteiger partial charge in [-0.2, -0.15) is 13.2 Å². The molecule has 2 amide bonds. The summed E-state index contributed by atoms with van der Waals surface area (Å²) in [7, 11) is 5.96. The van der Waals surface area contributed by atoms with Crippen molar-refractivity contribution < 1.29 is 32.6 Å². The van der Waals surface area contributed by atoms with E-state index in [9.17, 15) is 27.9 Å². The van der Waals surface area contributed by atoms with Crippen LogP contribution >= 0.6 is 11.6 Å². The predicted octanol–water partition coefficient (Wildman–Crippen LogP) is 5.35. The van der Waals surface area contributed by atoms with Gasteiger partial charge >= 0.3 is 6.18 Å². The lowest BCUT2D eigenvalue weighted by Gasteiger charge is -2.55. The number of anilines is 1. The highest BCUT2D eigenvalue weighted by Crippen LogP contribution is 2.55. The van der Waals surface area contributed by atoms with Gasteiger partial charge in [0.15, 0.2) is 0 Å². The monoisotopic (exact) mass is 595 g/mol. The third-order valence-corrected chi connectivity index (χ3v) is 9.25. The molecule has 2 fully saturated rings. The van der Waals surface area contributed by atoms with Gasteiger partial charge in [0.25, 0.3) is 17.4 Å². The molecule has 1 unspecified atom stereocenters. The molecule has 41 heavy (non-hydrogen) atoms. The predicted molar refractivity (Wildman–Crippen MR) is 151 cm³/mol. The molecule has 2 atom stereocenters. The summed E-state index contributed by atoms with van der Waals surface area (Å²) in [4.78, 5) is 30.1. The Morgan fingerprint density at radius 1 is 1.10 bits per heavy atom. The lowest BCUT2D eigenvalue weighted by Crippen LogP contribution is -2.55. The lowest BCUT2D eigenvalue weighted by molar-refractivity contribution is -0.261. The number of piperidine rings is 1. The van der Waals surface area contributed by atoms with Crippen molar-refractivity contribution >= 4 is 29.1 Å². The molecule has 1 N–H and O–H groups in total. The van der Waals surface area contributed by atoms with E-state index in [1.807, 2.05) is 12.1 Å². The van der Waals surface area contributed by atoms with Crippen LogP contribution < -0.4 is 9.64 Å². The highest BCUT2D eigenvalue weighted by Gasteiger charge is 2.62. The van der Waals surface area contributed by atoms with E-state index >= 15 is 0 Å². The molecule has 7 nitrogen and oxygen atoms in total. The van der Waals surface area contributed by atoms with E-state index in [2.05, 4.69) is 4.90 Å². The van der Waals surface area contributed by atoms with E-state index in [1.165, 1.54) is 31.2 Å². The fourth-order valence-corrected chi connectivity index (χ4v) is 6.43. The number of hydrogen-bond donors (Lipinski definition) is 1. The lowest BCUT2D eigenvalue weighted by atomic mass is 9.54. The second-order valence-corrected chi connectivity index (χ2v) is 11.8. The Kier molecular flexibility index (Phi) is 8.85. The number of nitrogens with zero attached hydrogens (tertiary/aromatic N) is 3. The largest absolute Gasteiger partial charge is 0.497 e. The number of carbonyl (C=O) groups is 2. The van der Waals surface area contributed by atoms with Gasteiger partial charge < -0.3 is 24.5 Å². The summed E-state index contributed by atoms with van der Waals surface area (Å²) < 4.78 is 47.4. The molecule has 1 saturated carbocycles. The van der Waals surface area contributed by atoms with Crippen molar-refractivity contribution in [1.29, 1.82) is 0 Å². The first-order valence-electron chi connectivity index (χ1n) is 13.7. The summed E-state index contributed by atoms with van der Waals surface area (Å²) in [6, 6.07) is 10.4. The Bertz CT molecular complexity index is 1280. The van der Waals surface area contributed by atoms with Crippen LogP contribution in [0.4, 0.5) is 18.9 Å². The zero-order valence-corrected chi connectivity index (χ0v) is 24.6. The normalized spacial score (nSPS) is 19.7. The van der Waals surface area contributed by atoms with Crippen LogP contribution in [-0.2, 0) is 10.4 Å². The third-order valence-electron chi connectivity index (χ3n) is 8.94. The van der Waals surface area contributed by atoms with Crippen LogP contribution in [0.5, 0.6) is 5.75 Å². The summed E-state index contributed by atoms with van der Waals surface area (Å²) in [5, 5.41) is 11.2. The molecule has 224 valence electrons. The van der Waals surface area contributed by atoms with Gasteiger partial charge in [-0.15, -0.1) is 0 Å². The Labute approximate surface area is 243 Å². The SMILES string of the molecule is COc1cccc([C@@](O)(C(=O)N(C)CCC2CCC23CCN(c2ccc(C(=O)N(C)C)c(Cl)c2)CC3)C(F)(F)F)c1. The van der Waals surface area contributed by atoms with Crippen molar-refractivity contribution in [2.75, 3.05) is 52.8 Å². The smallest absolute Gasteiger partial charge is 0.430 e. The van der Waals surface area contributed by atoms with E-state index in [-0.39, 0.29) is 29.5 Å². The fraction of sp³-hybridized carbons (Fsp3) is 0.533. The Balaban J connectivity index is 1.38. The van der Waals surface area contributed by atoms with Crippen molar-refractivity contribution in [3.63, 3.8) is 0 Å². The number of alkyl halides is 3. The quantitative estimate of drug-likeness (QED) is 0.446.